The Hall–Kier alpha value is -2.88. The molecule has 1 aliphatic rings. The monoisotopic (exact) mass is 329 g/mol. The second kappa shape index (κ2) is 5.06. The Morgan fingerprint density at radius 2 is 1.92 bits per heavy atom. The molecule has 0 saturated carbocycles. The average molecular weight is 329 g/mol. The molecular weight excluding hydrogens is 310 g/mol. The van der Waals surface area contributed by atoms with Crippen LogP contribution in [-0.4, -0.2) is 20.6 Å². The Balaban J connectivity index is 1.86. The standard InChI is InChI=1S/C21H19N3O/c1-21(2)10-9-16-18-17(14-7-3-4-8-15(14)19(16)25-21)23-20(24-18)13-6-5-11-22-12-13/h3-8,11-12H,9-10H2,1-2H3,(H,23,24). The first-order valence-corrected chi connectivity index (χ1v) is 8.65. The highest BCUT2D eigenvalue weighted by molar-refractivity contribution is 6.10. The summed E-state index contributed by atoms with van der Waals surface area (Å²) in [5.74, 6) is 1.84. The van der Waals surface area contributed by atoms with Crippen LogP contribution in [0.4, 0.5) is 0 Å². The summed E-state index contributed by atoms with van der Waals surface area (Å²) in [6, 6.07) is 12.4. The summed E-state index contributed by atoms with van der Waals surface area (Å²) in [6.07, 6.45) is 5.58. The van der Waals surface area contributed by atoms with E-state index in [9.17, 15) is 0 Å². The van der Waals surface area contributed by atoms with E-state index in [1.54, 1.807) is 6.20 Å². The van der Waals surface area contributed by atoms with Crippen LogP contribution in [0.2, 0.25) is 0 Å². The van der Waals surface area contributed by atoms with Crippen molar-refractivity contribution in [2.24, 2.45) is 0 Å². The number of aromatic nitrogens is 3. The third-order valence-electron chi connectivity index (χ3n) is 5.00. The number of hydrogen-bond acceptors (Lipinski definition) is 3. The van der Waals surface area contributed by atoms with Gasteiger partial charge in [0.25, 0.3) is 0 Å². The lowest BCUT2D eigenvalue weighted by atomic mass is 9.91. The molecule has 0 aliphatic carbocycles. The third kappa shape index (κ3) is 2.21. The first-order chi connectivity index (χ1) is 12.1. The van der Waals surface area contributed by atoms with Gasteiger partial charge >= 0.3 is 0 Å². The van der Waals surface area contributed by atoms with Gasteiger partial charge in [-0.05, 0) is 38.8 Å². The van der Waals surface area contributed by atoms with Crippen LogP contribution in [-0.2, 0) is 6.42 Å². The molecular formula is C21H19N3O. The largest absolute Gasteiger partial charge is 0.487 e. The van der Waals surface area contributed by atoms with Crippen LogP contribution in [0.25, 0.3) is 33.2 Å². The van der Waals surface area contributed by atoms with Gasteiger partial charge in [0.2, 0.25) is 0 Å². The van der Waals surface area contributed by atoms with E-state index < -0.39 is 0 Å². The van der Waals surface area contributed by atoms with Crippen molar-refractivity contribution < 1.29 is 4.74 Å². The number of imidazole rings is 1. The number of fused-ring (bicyclic) bond motifs is 6. The minimum absolute atomic E-state index is 0.147. The fraction of sp³-hybridized carbons (Fsp3) is 0.238. The fourth-order valence-electron chi connectivity index (χ4n) is 3.70. The van der Waals surface area contributed by atoms with Crippen LogP contribution in [0.1, 0.15) is 25.8 Å². The zero-order chi connectivity index (χ0) is 17.0. The van der Waals surface area contributed by atoms with Gasteiger partial charge in [0.15, 0.2) is 0 Å². The van der Waals surface area contributed by atoms with Crippen molar-refractivity contribution in [3.05, 3.63) is 54.4 Å². The predicted molar refractivity (Wildman–Crippen MR) is 99.9 cm³/mol. The summed E-state index contributed by atoms with van der Waals surface area (Å²) in [6.45, 7) is 4.31. The van der Waals surface area contributed by atoms with Crippen molar-refractivity contribution >= 4 is 21.8 Å². The molecule has 3 heterocycles. The van der Waals surface area contributed by atoms with Gasteiger partial charge in [0, 0.05) is 34.3 Å². The summed E-state index contributed by atoms with van der Waals surface area (Å²) in [5.41, 5.74) is 4.15. The van der Waals surface area contributed by atoms with E-state index >= 15 is 0 Å². The van der Waals surface area contributed by atoms with Crippen molar-refractivity contribution in [1.29, 1.82) is 0 Å². The van der Waals surface area contributed by atoms with Crippen LogP contribution < -0.4 is 4.74 Å². The molecule has 0 atom stereocenters. The lowest BCUT2D eigenvalue weighted by Crippen LogP contribution is -2.32. The van der Waals surface area contributed by atoms with Gasteiger partial charge in [-0.2, -0.15) is 0 Å². The molecule has 4 heteroatoms. The number of ether oxygens (including phenoxy) is 1. The van der Waals surface area contributed by atoms with Gasteiger partial charge in [0.05, 0.1) is 11.0 Å². The maximum Gasteiger partial charge on any atom is 0.140 e. The lowest BCUT2D eigenvalue weighted by Gasteiger charge is -2.33. The Morgan fingerprint density at radius 1 is 1.08 bits per heavy atom. The van der Waals surface area contributed by atoms with Crippen LogP contribution >= 0.6 is 0 Å². The van der Waals surface area contributed by atoms with Crippen LogP contribution in [0.3, 0.4) is 0 Å². The zero-order valence-electron chi connectivity index (χ0n) is 14.3. The molecule has 4 nitrogen and oxygen atoms in total. The van der Waals surface area contributed by atoms with Gasteiger partial charge in [0.1, 0.15) is 17.2 Å². The second-order valence-corrected chi connectivity index (χ2v) is 7.27. The Morgan fingerprint density at radius 3 is 2.72 bits per heavy atom. The smallest absolute Gasteiger partial charge is 0.140 e. The number of hydrogen-bond donors (Lipinski definition) is 1. The quantitative estimate of drug-likeness (QED) is 0.541. The van der Waals surface area contributed by atoms with Gasteiger partial charge in [-0.3, -0.25) is 4.98 Å². The number of nitrogens with zero attached hydrogens (tertiary/aromatic N) is 2. The van der Waals surface area contributed by atoms with Gasteiger partial charge in [-0.25, -0.2) is 4.98 Å². The molecule has 1 N–H and O–H groups in total. The van der Waals surface area contributed by atoms with Crippen molar-refractivity contribution in [1.82, 2.24) is 15.0 Å². The number of rotatable bonds is 1. The number of benzene rings is 2. The topological polar surface area (TPSA) is 50.8 Å². The average Bonchev–Trinajstić information content (AvgIpc) is 3.07. The van der Waals surface area contributed by atoms with E-state index in [0.717, 1.165) is 51.8 Å². The molecule has 2 aromatic carbocycles. The minimum atomic E-state index is -0.147. The van der Waals surface area contributed by atoms with Crippen molar-refractivity contribution in [2.75, 3.05) is 0 Å². The maximum atomic E-state index is 6.39. The first-order valence-electron chi connectivity index (χ1n) is 8.65. The molecule has 0 unspecified atom stereocenters. The summed E-state index contributed by atoms with van der Waals surface area (Å²) < 4.78 is 6.39. The van der Waals surface area contributed by atoms with Crippen LogP contribution in [0.5, 0.6) is 5.75 Å². The van der Waals surface area contributed by atoms with E-state index in [0.29, 0.717) is 0 Å². The summed E-state index contributed by atoms with van der Waals surface area (Å²) in [4.78, 5) is 12.7. The molecule has 0 saturated heterocycles. The molecule has 25 heavy (non-hydrogen) atoms. The normalized spacial score (nSPS) is 15.9. The van der Waals surface area contributed by atoms with Gasteiger partial charge in [-0.15, -0.1) is 0 Å². The fourth-order valence-corrected chi connectivity index (χ4v) is 3.70. The maximum absolute atomic E-state index is 6.39. The molecule has 2 aromatic heterocycles. The second-order valence-electron chi connectivity index (χ2n) is 7.27. The molecule has 124 valence electrons. The molecule has 1 aliphatic heterocycles. The summed E-state index contributed by atoms with van der Waals surface area (Å²) >= 11 is 0. The van der Waals surface area contributed by atoms with Crippen molar-refractivity contribution in [3.63, 3.8) is 0 Å². The molecule has 0 amide bonds. The summed E-state index contributed by atoms with van der Waals surface area (Å²) in [7, 11) is 0. The van der Waals surface area contributed by atoms with E-state index in [4.69, 9.17) is 9.72 Å². The molecule has 0 bridgehead atoms. The number of aromatic amines is 1. The Labute approximate surface area is 145 Å². The Kier molecular flexibility index (Phi) is 2.93. The van der Waals surface area contributed by atoms with Gasteiger partial charge in [-0.1, -0.05) is 24.3 Å². The lowest BCUT2D eigenvalue weighted by molar-refractivity contribution is 0.0873. The van der Waals surface area contributed by atoms with E-state index in [1.807, 2.05) is 18.3 Å². The highest BCUT2D eigenvalue weighted by Crippen LogP contribution is 2.43. The first kappa shape index (κ1) is 14.5. The van der Waals surface area contributed by atoms with Crippen molar-refractivity contribution in [2.45, 2.75) is 32.3 Å². The predicted octanol–water partition coefficient (Wildman–Crippen LogP) is 4.88. The van der Waals surface area contributed by atoms with Crippen molar-refractivity contribution in [3.8, 4) is 17.1 Å². The molecule has 4 aromatic rings. The van der Waals surface area contributed by atoms with E-state index in [2.05, 4.69) is 48.1 Å². The zero-order valence-corrected chi connectivity index (χ0v) is 14.3. The van der Waals surface area contributed by atoms with Gasteiger partial charge < -0.3 is 9.72 Å². The van der Waals surface area contributed by atoms with E-state index in [1.165, 1.54) is 5.56 Å². The minimum Gasteiger partial charge on any atom is -0.487 e. The number of nitrogens with one attached hydrogen (secondary N) is 1. The SMILES string of the molecule is CC1(C)CCc2c(c3ccccc3c3[nH]c(-c4cccnc4)nc23)O1. The molecule has 0 fully saturated rings. The van der Waals surface area contributed by atoms with Crippen LogP contribution in [0.15, 0.2) is 48.8 Å². The third-order valence-corrected chi connectivity index (χ3v) is 5.00. The molecule has 0 radical (unpaired) electrons. The number of aryl methyl sites for hydroxylation is 1. The summed E-state index contributed by atoms with van der Waals surface area (Å²) in [5, 5.41) is 2.30. The highest BCUT2D eigenvalue weighted by atomic mass is 16.5. The van der Waals surface area contributed by atoms with E-state index in [-0.39, 0.29) is 5.60 Å². The number of H-pyrrole nitrogens is 1. The Bertz CT molecular complexity index is 1100. The highest BCUT2D eigenvalue weighted by Gasteiger charge is 2.30. The molecule has 0 spiro atoms. The number of pyridine rings is 1. The van der Waals surface area contributed by atoms with Crippen LogP contribution in [0, 0.1) is 0 Å². The molecule has 5 rings (SSSR count).